The van der Waals surface area contributed by atoms with Crippen LogP contribution in [-0.2, 0) is 30.3 Å². The molecule has 2 aliphatic heterocycles. The number of carbonyl (C=O) groups excluding carboxylic acids is 6. The van der Waals surface area contributed by atoms with E-state index in [1.54, 1.807) is 30.3 Å². The molecule has 2 heterocycles. The van der Waals surface area contributed by atoms with E-state index < -0.39 is 65.6 Å². The van der Waals surface area contributed by atoms with Crippen LogP contribution in [0.4, 0.5) is 9.59 Å². The van der Waals surface area contributed by atoms with E-state index in [4.69, 9.17) is 5.73 Å². The number of urea groups is 1. The monoisotopic (exact) mass is 617 g/mol. The number of carboxylic acids is 1. The van der Waals surface area contributed by atoms with Gasteiger partial charge in [-0.15, -0.1) is 11.8 Å². The largest absolute Gasteiger partial charge is 1.00 e. The number of aliphatic carboxylic acids is 1. The number of fused-ring (bicyclic) bond motifs is 1. The quantitative estimate of drug-likeness (QED) is 0.185. The van der Waals surface area contributed by atoms with Gasteiger partial charge in [0.15, 0.2) is 0 Å². The molecule has 13 nitrogen and oxygen atoms in total. The number of primary amides is 1. The minimum Gasteiger partial charge on any atom is -0.543 e. The Morgan fingerprint density at radius 2 is 1.72 bits per heavy atom. The number of nitrogens with zero attached hydrogens (tertiary/aromatic N) is 2. The van der Waals surface area contributed by atoms with Crippen molar-refractivity contribution in [2.75, 3.05) is 19.4 Å². The summed E-state index contributed by atoms with van der Waals surface area (Å²) in [6.45, 7) is -0.432. The number of thioether (sulfide) groups is 1. The van der Waals surface area contributed by atoms with Gasteiger partial charge in [-0.3, -0.25) is 24.2 Å². The molecular formula is C28H28N5NaO8S. The number of nitrogens with one attached hydrogen (secondary N) is 2. The molecule has 15 heteroatoms. The first-order chi connectivity index (χ1) is 20.1. The van der Waals surface area contributed by atoms with Crippen molar-refractivity contribution >= 4 is 47.6 Å². The molecule has 220 valence electrons. The number of carbonyl (C=O) groups is 6. The molecule has 4 rings (SSSR count). The van der Waals surface area contributed by atoms with E-state index in [1.807, 2.05) is 30.3 Å². The summed E-state index contributed by atoms with van der Waals surface area (Å²) in [5, 5.41) is 16.2. The van der Waals surface area contributed by atoms with Crippen molar-refractivity contribution < 1.29 is 68.2 Å². The van der Waals surface area contributed by atoms with Crippen molar-refractivity contribution in [3.8, 4) is 0 Å². The predicted molar refractivity (Wildman–Crippen MR) is 148 cm³/mol. The van der Waals surface area contributed by atoms with Gasteiger partial charge in [0.25, 0.3) is 5.91 Å². The second-order valence-corrected chi connectivity index (χ2v) is 10.6. The van der Waals surface area contributed by atoms with E-state index in [2.05, 4.69) is 15.4 Å². The summed E-state index contributed by atoms with van der Waals surface area (Å²) in [5.41, 5.74) is 5.98. The maximum atomic E-state index is 13.4. The maximum absolute atomic E-state index is 13.4. The van der Waals surface area contributed by atoms with Crippen molar-refractivity contribution in [1.29, 1.82) is 0 Å². The normalized spacial score (nSPS) is 17.8. The number of ether oxygens (including phenoxy) is 1. The first kappa shape index (κ1) is 33.6. The Morgan fingerprint density at radius 1 is 1.09 bits per heavy atom. The molecule has 0 saturated carbocycles. The molecule has 1 saturated heterocycles. The molecule has 2 aromatic carbocycles. The van der Waals surface area contributed by atoms with E-state index in [9.17, 15) is 33.9 Å². The second kappa shape index (κ2) is 15.0. The summed E-state index contributed by atoms with van der Waals surface area (Å²) in [5.74, 6) is -3.48. The minimum absolute atomic E-state index is 0. The zero-order valence-electron chi connectivity index (χ0n) is 23.5. The Morgan fingerprint density at radius 3 is 2.33 bits per heavy atom. The van der Waals surface area contributed by atoms with Crippen molar-refractivity contribution in [2.24, 2.45) is 5.73 Å². The number of hydrogen-bond acceptors (Lipinski definition) is 9. The fourth-order valence-corrected chi connectivity index (χ4v) is 5.85. The zero-order chi connectivity index (χ0) is 30.4. The molecule has 2 unspecified atom stereocenters. The standard InChI is InChI=1S/C28H29N5O8S.Na/c1-32(19(34)13-12-16-8-4-2-5-9-16)28(40)31-20(17-10-6-3-7-11-17)23(35)30-21-24(36)33-22(26(37)38)18(14-41-27(29)39)15-42-25(21)33;/h2-11,20-21,25H,12-15H2,1H3,(H2,29,39)(H,30,35)(H,31,40)(H,37,38);/q;+1/p-1/t20?,21?,25-;/m0./s1. The number of hydrogen-bond donors (Lipinski definition) is 3. The Bertz CT molecular complexity index is 1420. The molecule has 2 aromatic rings. The van der Waals surface area contributed by atoms with Crippen molar-refractivity contribution in [3.05, 3.63) is 83.1 Å². The van der Waals surface area contributed by atoms with E-state index >= 15 is 0 Å². The summed E-state index contributed by atoms with van der Waals surface area (Å²) in [7, 11) is 1.31. The third-order valence-electron chi connectivity index (χ3n) is 6.74. The number of amides is 6. The number of benzene rings is 2. The van der Waals surface area contributed by atoms with Gasteiger partial charge in [0.2, 0.25) is 11.8 Å². The molecule has 2 aliphatic rings. The topological polar surface area (TPSA) is 191 Å². The summed E-state index contributed by atoms with van der Waals surface area (Å²) in [4.78, 5) is 76.8. The molecule has 0 bridgehead atoms. The first-order valence-electron chi connectivity index (χ1n) is 12.8. The van der Waals surface area contributed by atoms with Gasteiger partial charge in [-0.05, 0) is 17.5 Å². The minimum atomic E-state index is -1.64. The number of β-lactam (4-membered cyclic amide) rings is 1. The summed E-state index contributed by atoms with van der Waals surface area (Å²) >= 11 is 1.15. The first-order valence-corrected chi connectivity index (χ1v) is 13.9. The van der Waals surface area contributed by atoms with Crippen LogP contribution < -0.4 is 51.0 Å². The molecule has 0 spiro atoms. The number of carboxylic acid groups (broad SMARTS) is 1. The van der Waals surface area contributed by atoms with Crippen LogP contribution in [0.15, 0.2) is 71.9 Å². The molecule has 0 aromatic heterocycles. The van der Waals surface area contributed by atoms with Crippen LogP contribution in [0.2, 0.25) is 0 Å². The Labute approximate surface area is 273 Å². The van der Waals surface area contributed by atoms with Gasteiger partial charge in [-0.25, -0.2) is 9.59 Å². The summed E-state index contributed by atoms with van der Waals surface area (Å²) < 4.78 is 4.69. The van der Waals surface area contributed by atoms with Gasteiger partial charge >= 0.3 is 41.7 Å². The molecule has 43 heavy (non-hydrogen) atoms. The average Bonchev–Trinajstić information content (AvgIpc) is 2.99. The molecule has 3 atom stereocenters. The number of imide groups is 1. The van der Waals surface area contributed by atoms with Crippen molar-refractivity contribution in [1.82, 2.24) is 20.4 Å². The number of rotatable bonds is 10. The van der Waals surface area contributed by atoms with E-state index in [0.29, 0.717) is 12.0 Å². The van der Waals surface area contributed by atoms with Crippen molar-refractivity contribution in [2.45, 2.75) is 30.3 Å². The second-order valence-electron chi connectivity index (χ2n) is 9.47. The average molecular weight is 618 g/mol. The van der Waals surface area contributed by atoms with Crippen LogP contribution in [0.25, 0.3) is 0 Å². The van der Waals surface area contributed by atoms with Gasteiger partial charge in [0.1, 0.15) is 24.1 Å². The molecule has 4 N–H and O–H groups in total. The van der Waals surface area contributed by atoms with E-state index in [1.165, 1.54) is 7.05 Å². The SMILES string of the molecule is CN(C(=O)CCc1ccccc1)C(=O)NC(C(=O)NC1C(=O)N2C(C(=O)[O-])=C(COC(N)=O)CS[C@@H]12)c1ccccc1.[Na+]. The van der Waals surface area contributed by atoms with Crippen LogP contribution in [0, 0.1) is 0 Å². The fraction of sp³-hybridized carbons (Fsp3) is 0.286. The van der Waals surface area contributed by atoms with E-state index in [-0.39, 0.29) is 47.3 Å². The number of nitrogens with two attached hydrogens (primary N) is 1. The van der Waals surface area contributed by atoms with Gasteiger partial charge in [-0.2, -0.15) is 0 Å². The van der Waals surface area contributed by atoms with Crippen LogP contribution in [0.1, 0.15) is 23.6 Å². The molecular weight excluding hydrogens is 589 g/mol. The van der Waals surface area contributed by atoms with Gasteiger partial charge < -0.3 is 31.0 Å². The van der Waals surface area contributed by atoms with Gasteiger partial charge in [0.05, 0.1) is 11.7 Å². The van der Waals surface area contributed by atoms with Gasteiger partial charge in [0, 0.05) is 24.8 Å². The molecule has 0 radical (unpaired) electrons. The smallest absolute Gasteiger partial charge is 0.543 e. The molecule has 6 amide bonds. The third-order valence-corrected chi connectivity index (χ3v) is 8.08. The Balaban J connectivity index is 0.00000506. The third kappa shape index (κ3) is 7.96. The van der Waals surface area contributed by atoms with Gasteiger partial charge in [-0.1, -0.05) is 60.7 Å². The van der Waals surface area contributed by atoms with Crippen LogP contribution in [-0.4, -0.2) is 76.4 Å². The zero-order valence-corrected chi connectivity index (χ0v) is 26.3. The predicted octanol–water partition coefficient (Wildman–Crippen LogP) is -2.97. The Hall–Kier alpha value is -3.85. The van der Waals surface area contributed by atoms with Crippen LogP contribution in [0.5, 0.6) is 0 Å². The fourth-order valence-electron chi connectivity index (χ4n) is 4.52. The number of aryl methyl sites for hydroxylation is 1. The maximum Gasteiger partial charge on any atom is 1.00 e. The van der Waals surface area contributed by atoms with Crippen LogP contribution >= 0.6 is 11.8 Å². The summed E-state index contributed by atoms with van der Waals surface area (Å²) in [6.07, 6.45) is -0.606. The molecule has 1 fully saturated rings. The van der Waals surface area contributed by atoms with Crippen LogP contribution in [0.3, 0.4) is 0 Å². The Kier molecular flexibility index (Phi) is 11.8. The summed E-state index contributed by atoms with van der Waals surface area (Å²) in [6, 6.07) is 14.4. The van der Waals surface area contributed by atoms with Crippen molar-refractivity contribution in [3.63, 3.8) is 0 Å². The van der Waals surface area contributed by atoms with E-state index in [0.717, 1.165) is 27.1 Å². The molecule has 0 aliphatic carbocycles.